The van der Waals surface area contributed by atoms with Gasteiger partial charge in [-0.3, -0.25) is 4.79 Å². The summed E-state index contributed by atoms with van der Waals surface area (Å²) < 4.78 is 6.48. The number of nitrogens with one attached hydrogen (secondary N) is 1. The molecular formula is C17H17BrN2O2S. The van der Waals surface area contributed by atoms with Crippen LogP contribution < -0.4 is 5.32 Å². The van der Waals surface area contributed by atoms with Gasteiger partial charge in [0.1, 0.15) is 5.03 Å². The van der Waals surface area contributed by atoms with Crippen molar-refractivity contribution in [3.05, 3.63) is 52.6 Å². The topological polar surface area (TPSA) is 51.2 Å². The molecule has 1 atom stereocenters. The second-order valence-electron chi connectivity index (χ2n) is 5.26. The van der Waals surface area contributed by atoms with Crippen LogP contribution in [0.15, 0.2) is 57.0 Å². The molecule has 1 aromatic heterocycles. The summed E-state index contributed by atoms with van der Waals surface area (Å²) in [6.07, 6.45) is 3.98. The zero-order valence-corrected chi connectivity index (χ0v) is 14.9. The lowest BCUT2D eigenvalue weighted by atomic mass is 10.2. The van der Waals surface area contributed by atoms with Gasteiger partial charge in [-0.1, -0.05) is 23.9 Å². The Labute approximate surface area is 148 Å². The molecule has 1 fully saturated rings. The second-order valence-corrected chi connectivity index (χ2v) is 7.24. The minimum absolute atomic E-state index is 0.0688. The Balaban J connectivity index is 1.69. The van der Waals surface area contributed by atoms with E-state index in [9.17, 15) is 4.79 Å². The van der Waals surface area contributed by atoms with Crippen molar-refractivity contribution in [1.29, 1.82) is 0 Å². The third-order valence-electron chi connectivity index (χ3n) is 3.56. The highest BCUT2D eigenvalue weighted by Crippen LogP contribution is 2.29. The number of benzene rings is 1. The molecule has 0 radical (unpaired) electrons. The predicted octanol–water partition coefficient (Wildman–Crippen LogP) is 3.90. The molecule has 0 spiro atoms. The Morgan fingerprint density at radius 1 is 1.35 bits per heavy atom. The highest BCUT2D eigenvalue weighted by molar-refractivity contribution is 9.10. The normalized spacial score (nSPS) is 17.2. The van der Waals surface area contributed by atoms with E-state index in [2.05, 4.69) is 26.2 Å². The van der Waals surface area contributed by atoms with Crippen LogP contribution in [0.25, 0.3) is 0 Å². The summed E-state index contributed by atoms with van der Waals surface area (Å²) in [5, 5.41) is 3.83. The number of rotatable bonds is 5. The van der Waals surface area contributed by atoms with E-state index in [0.717, 1.165) is 33.8 Å². The Hall–Kier alpha value is -1.37. The number of pyridine rings is 1. The molecule has 1 saturated heterocycles. The first kappa shape index (κ1) is 16.5. The fourth-order valence-corrected chi connectivity index (χ4v) is 3.50. The standard InChI is InChI=1S/C17H17BrN2O2S/c18-12-7-8-16(19-10-12)23-15-6-2-1-5-14(15)17(21)20-11-13-4-3-9-22-13/h1-2,5-8,10,13H,3-4,9,11H2,(H,20,21)/t13-/m0/s1. The van der Waals surface area contributed by atoms with Gasteiger partial charge in [0, 0.05) is 28.7 Å². The van der Waals surface area contributed by atoms with Crippen LogP contribution in [-0.4, -0.2) is 30.1 Å². The first-order valence-electron chi connectivity index (χ1n) is 7.50. The van der Waals surface area contributed by atoms with Gasteiger partial charge >= 0.3 is 0 Å². The van der Waals surface area contributed by atoms with Gasteiger partial charge in [0.15, 0.2) is 0 Å². The molecule has 2 heterocycles. The number of ether oxygens (including phenoxy) is 1. The number of carbonyl (C=O) groups is 1. The largest absolute Gasteiger partial charge is 0.376 e. The molecule has 6 heteroatoms. The Bertz CT molecular complexity index is 673. The van der Waals surface area contributed by atoms with Crippen molar-refractivity contribution in [1.82, 2.24) is 10.3 Å². The van der Waals surface area contributed by atoms with Crippen molar-refractivity contribution in [2.45, 2.75) is 28.9 Å². The van der Waals surface area contributed by atoms with Crippen LogP contribution >= 0.6 is 27.7 Å². The number of hydrogen-bond acceptors (Lipinski definition) is 4. The van der Waals surface area contributed by atoms with E-state index in [1.807, 2.05) is 36.4 Å². The predicted molar refractivity (Wildman–Crippen MR) is 93.8 cm³/mol. The summed E-state index contributed by atoms with van der Waals surface area (Å²) in [5.41, 5.74) is 0.667. The first-order chi connectivity index (χ1) is 11.2. The molecule has 0 unspecified atom stereocenters. The van der Waals surface area contributed by atoms with Crippen molar-refractivity contribution < 1.29 is 9.53 Å². The van der Waals surface area contributed by atoms with E-state index >= 15 is 0 Å². The molecule has 1 aliphatic rings. The zero-order valence-electron chi connectivity index (χ0n) is 12.5. The highest BCUT2D eigenvalue weighted by atomic mass is 79.9. The van der Waals surface area contributed by atoms with Crippen LogP contribution in [0.2, 0.25) is 0 Å². The molecule has 1 N–H and O–H groups in total. The van der Waals surface area contributed by atoms with Gasteiger partial charge in [-0.25, -0.2) is 4.98 Å². The molecule has 2 aromatic rings. The van der Waals surface area contributed by atoms with Gasteiger partial charge in [0.2, 0.25) is 0 Å². The number of nitrogens with zero attached hydrogens (tertiary/aromatic N) is 1. The van der Waals surface area contributed by atoms with Crippen molar-refractivity contribution in [3.8, 4) is 0 Å². The Morgan fingerprint density at radius 2 is 2.22 bits per heavy atom. The minimum atomic E-state index is -0.0688. The van der Waals surface area contributed by atoms with Gasteiger partial charge in [-0.05, 0) is 53.0 Å². The number of carbonyl (C=O) groups excluding carboxylic acids is 1. The second kappa shape index (κ2) is 7.95. The van der Waals surface area contributed by atoms with Crippen LogP contribution in [0.1, 0.15) is 23.2 Å². The summed E-state index contributed by atoms with van der Waals surface area (Å²) in [7, 11) is 0. The van der Waals surface area contributed by atoms with Crippen molar-refractivity contribution in [3.63, 3.8) is 0 Å². The fraction of sp³-hybridized carbons (Fsp3) is 0.294. The molecule has 0 saturated carbocycles. The van der Waals surface area contributed by atoms with E-state index in [1.54, 1.807) is 6.20 Å². The first-order valence-corrected chi connectivity index (χ1v) is 9.11. The lowest BCUT2D eigenvalue weighted by Gasteiger charge is -2.12. The van der Waals surface area contributed by atoms with Gasteiger partial charge in [0.25, 0.3) is 5.91 Å². The molecular weight excluding hydrogens is 376 g/mol. The summed E-state index contributed by atoms with van der Waals surface area (Å²) >= 11 is 4.86. The maximum Gasteiger partial charge on any atom is 0.252 e. The van der Waals surface area contributed by atoms with E-state index in [1.165, 1.54) is 11.8 Å². The monoisotopic (exact) mass is 392 g/mol. The van der Waals surface area contributed by atoms with Crippen LogP contribution in [0.5, 0.6) is 0 Å². The highest BCUT2D eigenvalue weighted by Gasteiger charge is 2.18. The Kier molecular flexibility index (Phi) is 5.70. The smallest absolute Gasteiger partial charge is 0.252 e. The molecule has 1 amide bonds. The van der Waals surface area contributed by atoms with Gasteiger partial charge < -0.3 is 10.1 Å². The zero-order chi connectivity index (χ0) is 16.1. The Morgan fingerprint density at radius 3 is 2.96 bits per heavy atom. The average molecular weight is 393 g/mol. The van der Waals surface area contributed by atoms with Gasteiger partial charge in [0.05, 0.1) is 11.7 Å². The number of halogens is 1. The fourth-order valence-electron chi connectivity index (χ4n) is 2.39. The van der Waals surface area contributed by atoms with Crippen molar-refractivity contribution in [2.75, 3.05) is 13.2 Å². The molecule has 0 aliphatic carbocycles. The van der Waals surface area contributed by atoms with E-state index in [4.69, 9.17) is 4.74 Å². The van der Waals surface area contributed by atoms with E-state index in [0.29, 0.717) is 12.1 Å². The van der Waals surface area contributed by atoms with Crippen molar-refractivity contribution >= 4 is 33.6 Å². The number of amides is 1. The molecule has 120 valence electrons. The number of hydrogen-bond donors (Lipinski definition) is 1. The lowest BCUT2D eigenvalue weighted by Crippen LogP contribution is -2.32. The quantitative estimate of drug-likeness (QED) is 0.837. The number of aromatic nitrogens is 1. The molecule has 4 nitrogen and oxygen atoms in total. The van der Waals surface area contributed by atoms with Crippen LogP contribution in [0, 0.1) is 0 Å². The molecule has 0 bridgehead atoms. The minimum Gasteiger partial charge on any atom is -0.376 e. The third-order valence-corrected chi connectivity index (χ3v) is 5.06. The maximum absolute atomic E-state index is 12.5. The van der Waals surface area contributed by atoms with Crippen molar-refractivity contribution in [2.24, 2.45) is 0 Å². The van der Waals surface area contributed by atoms with Crippen LogP contribution in [-0.2, 0) is 4.74 Å². The molecule has 23 heavy (non-hydrogen) atoms. The van der Waals surface area contributed by atoms with Gasteiger partial charge in [-0.2, -0.15) is 0 Å². The van der Waals surface area contributed by atoms with Crippen LogP contribution in [0.4, 0.5) is 0 Å². The van der Waals surface area contributed by atoms with E-state index < -0.39 is 0 Å². The molecule has 3 rings (SSSR count). The SMILES string of the molecule is O=C(NC[C@@H]1CCCO1)c1ccccc1Sc1ccc(Br)cn1. The molecule has 1 aliphatic heterocycles. The summed E-state index contributed by atoms with van der Waals surface area (Å²) in [4.78, 5) is 17.7. The summed E-state index contributed by atoms with van der Waals surface area (Å²) in [5.74, 6) is -0.0688. The maximum atomic E-state index is 12.5. The van der Waals surface area contributed by atoms with E-state index in [-0.39, 0.29) is 12.0 Å². The third kappa shape index (κ3) is 4.56. The van der Waals surface area contributed by atoms with Crippen LogP contribution in [0.3, 0.4) is 0 Å². The summed E-state index contributed by atoms with van der Waals surface area (Å²) in [6, 6.07) is 11.4. The van der Waals surface area contributed by atoms with Gasteiger partial charge in [-0.15, -0.1) is 0 Å². The molecule has 1 aromatic carbocycles. The average Bonchev–Trinajstić information content (AvgIpc) is 3.09. The lowest BCUT2D eigenvalue weighted by molar-refractivity contribution is 0.0855. The summed E-state index contributed by atoms with van der Waals surface area (Å²) in [6.45, 7) is 1.36.